The number of nitrogens with one attached hydrogen (secondary N) is 1. The van der Waals surface area contributed by atoms with Crippen LogP contribution in [0.2, 0.25) is 0 Å². The number of H-pyrrole nitrogens is 1. The quantitative estimate of drug-likeness (QED) is 0.682. The van der Waals surface area contributed by atoms with Crippen molar-refractivity contribution in [3.8, 4) is 0 Å². The van der Waals surface area contributed by atoms with Crippen molar-refractivity contribution in [2.24, 2.45) is 0 Å². The van der Waals surface area contributed by atoms with Crippen molar-refractivity contribution in [2.75, 3.05) is 20.6 Å². The van der Waals surface area contributed by atoms with Gasteiger partial charge in [-0.1, -0.05) is 0 Å². The van der Waals surface area contributed by atoms with E-state index in [2.05, 4.69) is 9.97 Å². The van der Waals surface area contributed by atoms with Crippen molar-refractivity contribution in [1.29, 1.82) is 0 Å². The molecule has 0 amide bonds. The molecular formula is C8H13N3O. The minimum absolute atomic E-state index is 0.0845. The molecule has 1 aromatic heterocycles. The minimum atomic E-state index is -0.0845. The molecule has 1 rings (SSSR count). The molecule has 1 N–H and O–H groups in total. The second kappa shape index (κ2) is 4.01. The molecule has 4 nitrogen and oxygen atoms in total. The minimum Gasteiger partial charge on any atom is -0.311 e. The predicted molar refractivity (Wildman–Crippen MR) is 47.1 cm³/mol. The summed E-state index contributed by atoms with van der Waals surface area (Å²) in [5, 5.41) is 0. The Bertz CT molecular complexity index is 292. The van der Waals surface area contributed by atoms with E-state index >= 15 is 0 Å². The summed E-state index contributed by atoms with van der Waals surface area (Å²) in [5.41, 5.74) is -0.0845. The third kappa shape index (κ3) is 2.84. The Hall–Kier alpha value is -1.16. The molecule has 1 aromatic rings. The molecule has 0 spiro atoms. The van der Waals surface area contributed by atoms with Gasteiger partial charge in [-0.15, -0.1) is 0 Å². The molecule has 0 saturated carbocycles. The summed E-state index contributed by atoms with van der Waals surface area (Å²) in [6.07, 6.45) is 2.31. The maximum absolute atomic E-state index is 10.8. The third-order valence-electron chi connectivity index (χ3n) is 1.52. The van der Waals surface area contributed by atoms with Crippen molar-refractivity contribution < 1.29 is 0 Å². The predicted octanol–water partition coefficient (Wildman–Crippen LogP) is -0.126. The Morgan fingerprint density at radius 3 is 2.92 bits per heavy atom. The summed E-state index contributed by atoms with van der Waals surface area (Å²) in [7, 11) is 3.97. The van der Waals surface area contributed by atoms with Gasteiger partial charge in [0.25, 0.3) is 5.56 Å². The zero-order valence-electron chi connectivity index (χ0n) is 7.37. The van der Waals surface area contributed by atoms with E-state index in [0.29, 0.717) is 0 Å². The van der Waals surface area contributed by atoms with Crippen LogP contribution < -0.4 is 5.56 Å². The molecule has 66 valence electrons. The molecule has 0 unspecified atom stereocenters. The first-order chi connectivity index (χ1) is 5.68. The van der Waals surface area contributed by atoms with Gasteiger partial charge in [0.05, 0.1) is 0 Å². The van der Waals surface area contributed by atoms with Gasteiger partial charge in [-0.05, 0) is 14.1 Å². The van der Waals surface area contributed by atoms with Crippen LogP contribution in [0.4, 0.5) is 0 Å². The summed E-state index contributed by atoms with van der Waals surface area (Å²) in [6, 6.07) is 1.42. The van der Waals surface area contributed by atoms with Gasteiger partial charge in [-0.3, -0.25) is 4.79 Å². The van der Waals surface area contributed by atoms with Gasteiger partial charge in [-0.25, -0.2) is 4.98 Å². The van der Waals surface area contributed by atoms with Gasteiger partial charge in [0.1, 0.15) is 5.82 Å². The third-order valence-corrected chi connectivity index (χ3v) is 1.52. The normalized spacial score (nSPS) is 10.6. The van der Waals surface area contributed by atoms with Gasteiger partial charge in [-0.2, -0.15) is 0 Å². The van der Waals surface area contributed by atoms with Gasteiger partial charge < -0.3 is 9.88 Å². The van der Waals surface area contributed by atoms with E-state index in [9.17, 15) is 4.79 Å². The first kappa shape index (κ1) is 8.93. The van der Waals surface area contributed by atoms with Gasteiger partial charge in [0.2, 0.25) is 0 Å². The Morgan fingerprint density at radius 1 is 1.58 bits per heavy atom. The van der Waals surface area contributed by atoms with Crippen molar-refractivity contribution in [3.05, 3.63) is 28.4 Å². The highest BCUT2D eigenvalue weighted by Gasteiger charge is 1.95. The van der Waals surface area contributed by atoms with Crippen LogP contribution in [0.5, 0.6) is 0 Å². The molecule has 4 heteroatoms. The fourth-order valence-corrected chi connectivity index (χ4v) is 0.868. The van der Waals surface area contributed by atoms with E-state index in [0.717, 1.165) is 18.8 Å². The summed E-state index contributed by atoms with van der Waals surface area (Å²) in [4.78, 5) is 19.6. The molecular weight excluding hydrogens is 154 g/mol. The van der Waals surface area contributed by atoms with E-state index in [1.165, 1.54) is 12.3 Å². The van der Waals surface area contributed by atoms with Crippen LogP contribution in [0.1, 0.15) is 5.82 Å². The van der Waals surface area contributed by atoms with Gasteiger partial charge in [0, 0.05) is 25.2 Å². The lowest BCUT2D eigenvalue weighted by Gasteiger charge is -2.07. The number of aromatic nitrogens is 2. The van der Waals surface area contributed by atoms with Gasteiger partial charge >= 0.3 is 0 Å². The molecule has 0 radical (unpaired) electrons. The monoisotopic (exact) mass is 167 g/mol. The highest BCUT2D eigenvalue weighted by molar-refractivity contribution is 4.89. The van der Waals surface area contributed by atoms with Crippen molar-refractivity contribution in [3.63, 3.8) is 0 Å². The Balaban J connectivity index is 2.58. The second-order valence-electron chi connectivity index (χ2n) is 2.93. The van der Waals surface area contributed by atoms with Crippen LogP contribution in [0.15, 0.2) is 17.1 Å². The Kier molecular flexibility index (Phi) is 2.99. The molecule has 0 saturated heterocycles. The molecule has 0 aliphatic rings. The van der Waals surface area contributed by atoms with Crippen LogP contribution in [-0.4, -0.2) is 35.5 Å². The van der Waals surface area contributed by atoms with E-state index in [1.54, 1.807) is 0 Å². The molecule has 0 aromatic carbocycles. The number of hydrogen-bond donors (Lipinski definition) is 1. The largest absolute Gasteiger partial charge is 0.311 e. The maximum Gasteiger partial charge on any atom is 0.250 e. The van der Waals surface area contributed by atoms with Crippen LogP contribution in [-0.2, 0) is 6.42 Å². The molecule has 0 bridgehead atoms. The van der Waals surface area contributed by atoms with Crippen LogP contribution in [0, 0.1) is 0 Å². The Labute approximate surface area is 71.3 Å². The number of aromatic amines is 1. The number of hydrogen-bond acceptors (Lipinski definition) is 3. The standard InChI is InChI=1S/C8H13N3O/c1-11(2)6-4-7-9-5-3-8(12)10-7/h3,5H,4,6H2,1-2H3,(H,9,10,12). The highest BCUT2D eigenvalue weighted by Crippen LogP contribution is 1.87. The number of nitrogens with zero attached hydrogens (tertiary/aromatic N) is 2. The second-order valence-corrected chi connectivity index (χ2v) is 2.93. The van der Waals surface area contributed by atoms with Crippen molar-refractivity contribution in [2.45, 2.75) is 6.42 Å². The first-order valence-corrected chi connectivity index (χ1v) is 3.87. The lowest BCUT2D eigenvalue weighted by atomic mass is 10.4. The Morgan fingerprint density at radius 2 is 2.33 bits per heavy atom. The lowest BCUT2D eigenvalue weighted by Crippen LogP contribution is -2.18. The maximum atomic E-state index is 10.8. The number of likely N-dealkylation sites (N-methyl/N-ethyl adjacent to an activating group) is 1. The van der Waals surface area contributed by atoms with E-state index in [4.69, 9.17) is 0 Å². The molecule has 0 atom stereocenters. The van der Waals surface area contributed by atoms with E-state index in [-0.39, 0.29) is 5.56 Å². The number of rotatable bonds is 3. The van der Waals surface area contributed by atoms with Gasteiger partial charge in [0.15, 0.2) is 0 Å². The lowest BCUT2D eigenvalue weighted by molar-refractivity contribution is 0.409. The average molecular weight is 167 g/mol. The zero-order valence-corrected chi connectivity index (χ0v) is 7.37. The highest BCUT2D eigenvalue weighted by atomic mass is 16.1. The summed E-state index contributed by atoms with van der Waals surface area (Å²) in [5.74, 6) is 0.746. The molecule has 1 heterocycles. The summed E-state index contributed by atoms with van der Waals surface area (Å²) in [6.45, 7) is 0.896. The van der Waals surface area contributed by atoms with Crippen LogP contribution in [0.3, 0.4) is 0 Å². The molecule has 0 aliphatic carbocycles. The SMILES string of the molecule is CN(C)CCc1nccc(=O)[nH]1. The summed E-state index contributed by atoms with van der Waals surface area (Å²) < 4.78 is 0. The molecule has 0 fully saturated rings. The molecule has 0 aliphatic heterocycles. The zero-order chi connectivity index (χ0) is 8.97. The van der Waals surface area contributed by atoms with E-state index in [1.807, 2.05) is 19.0 Å². The smallest absolute Gasteiger partial charge is 0.250 e. The first-order valence-electron chi connectivity index (χ1n) is 3.87. The summed E-state index contributed by atoms with van der Waals surface area (Å²) >= 11 is 0. The van der Waals surface area contributed by atoms with Crippen LogP contribution in [0.25, 0.3) is 0 Å². The fraction of sp³-hybridized carbons (Fsp3) is 0.500. The topological polar surface area (TPSA) is 49.0 Å². The molecule has 12 heavy (non-hydrogen) atoms. The van der Waals surface area contributed by atoms with Crippen molar-refractivity contribution in [1.82, 2.24) is 14.9 Å². The van der Waals surface area contributed by atoms with Crippen molar-refractivity contribution >= 4 is 0 Å². The van der Waals surface area contributed by atoms with E-state index < -0.39 is 0 Å². The van der Waals surface area contributed by atoms with Crippen LogP contribution >= 0.6 is 0 Å². The average Bonchev–Trinajstić information content (AvgIpc) is 2.01. The fourth-order valence-electron chi connectivity index (χ4n) is 0.868.